The molecule has 3 rings (SSSR count). The van der Waals surface area contributed by atoms with Crippen molar-refractivity contribution in [1.82, 2.24) is 9.97 Å². The zero-order valence-corrected chi connectivity index (χ0v) is 13.5. The minimum absolute atomic E-state index is 0.0498. The van der Waals surface area contributed by atoms with E-state index >= 15 is 0 Å². The number of amides is 1. The van der Waals surface area contributed by atoms with Crippen molar-refractivity contribution in [3.8, 4) is 0 Å². The number of hydrogen-bond donors (Lipinski definition) is 0. The molecule has 0 bridgehead atoms. The summed E-state index contributed by atoms with van der Waals surface area (Å²) in [5.41, 5.74) is 0.0440. The van der Waals surface area contributed by atoms with Gasteiger partial charge in [0.15, 0.2) is 5.82 Å². The lowest BCUT2D eigenvalue weighted by Crippen LogP contribution is -2.65. The van der Waals surface area contributed by atoms with E-state index in [0.29, 0.717) is 50.7 Å². The largest absolute Gasteiger partial charge is 0.383 e. The Morgan fingerprint density at radius 1 is 1.45 bits per heavy atom. The molecule has 0 radical (unpaired) electrons. The van der Waals surface area contributed by atoms with Crippen molar-refractivity contribution in [1.29, 1.82) is 0 Å². The summed E-state index contributed by atoms with van der Waals surface area (Å²) in [5.74, 6) is 0.728. The molecule has 1 aromatic heterocycles. The van der Waals surface area contributed by atoms with E-state index in [1.165, 1.54) is 0 Å². The van der Waals surface area contributed by atoms with E-state index in [1.807, 2.05) is 11.9 Å². The molecule has 1 amide bonds. The summed E-state index contributed by atoms with van der Waals surface area (Å²) in [7, 11) is 3.50. The molecule has 7 nitrogen and oxygen atoms in total. The molecule has 0 aromatic carbocycles. The predicted molar refractivity (Wildman–Crippen MR) is 82.5 cm³/mol. The smallest absolute Gasteiger partial charge is 0.253 e. The van der Waals surface area contributed by atoms with Gasteiger partial charge in [0.05, 0.1) is 12.8 Å². The van der Waals surface area contributed by atoms with Gasteiger partial charge >= 0.3 is 0 Å². The number of aromatic nitrogens is 2. The van der Waals surface area contributed by atoms with E-state index in [4.69, 9.17) is 21.1 Å². The molecule has 2 aliphatic heterocycles. The van der Waals surface area contributed by atoms with E-state index in [-0.39, 0.29) is 11.2 Å². The molecule has 0 saturated carbocycles. The first-order valence-corrected chi connectivity index (χ1v) is 7.63. The van der Waals surface area contributed by atoms with Gasteiger partial charge in [-0.1, -0.05) is 0 Å². The van der Waals surface area contributed by atoms with Crippen LogP contribution in [0.2, 0.25) is 5.28 Å². The molecule has 1 spiro atoms. The highest BCUT2D eigenvalue weighted by molar-refractivity contribution is 6.28. The van der Waals surface area contributed by atoms with Gasteiger partial charge in [-0.15, -0.1) is 0 Å². The molecule has 3 heterocycles. The van der Waals surface area contributed by atoms with Crippen molar-refractivity contribution < 1.29 is 14.3 Å². The van der Waals surface area contributed by atoms with Gasteiger partial charge in [0.25, 0.3) is 5.91 Å². The second-order valence-corrected chi connectivity index (χ2v) is 5.84. The van der Waals surface area contributed by atoms with Crippen molar-refractivity contribution >= 4 is 29.0 Å². The summed E-state index contributed by atoms with van der Waals surface area (Å²) in [5, 5.41) is 0.175. The number of methoxy groups -OCH3 is 1. The van der Waals surface area contributed by atoms with E-state index in [9.17, 15) is 4.79 Å². The van der Waals surface area contributed by atoms with Crippen molar-refractivity contribution in [3.05, 3.63) is 11.5 Å². The van der Waals surface area contributed by atoms with Crippen LogP contribution in [-0.4, -0.2) is 61.9 Å². The molecule has 8 heteroatoms. The summed E-state index contributed by atoms with van der Waals surface area (Å²) < 4.78 is 10.6. The number of likely N-dealkylation sites (N-methyl/N-ethyl adjacent to an activating group) is 1. The second-order valence-electron chi connectivity index (χ2n) is 5.50. The third-order valence-electron chi connectivity index (χ3n) is 4.45. The minimum Gasteiger partial charge on any atom is -0.383 e. The Hall–Kier alpha value is -1.44. The van der Waals surface area contributed by atoms with Crippen LogP contribution in [-0.2, 0) is 14.3 Å². The quantitative estimate of drug-likeness (QED) is 0.775. The van der Waals surface area contributed by atoms with Crippen molar-refractivity contribution in [3.63, 3.8) is 0 Å². The van der Waals surface area contributed by atoms with E-state index < -0.39 is 5.54 Å². The SMILES string of the molecule is COCCN1C(=O)C2(CCOCC2)N(C)c2nc(Cl)ncc21. The van der Waals surface area contributed by atoms with Crippen LogP contribution in [0, 0.1) is 0 Å². The van der Waals surface area contributed by atoms with Crippen LogP contribution in [0.3, 0.4) is 0 Å². The molecule has 120 valence electrons. The molecule has 2 aliphatic rings. The van der Waals surface area contributed by atoms with E-state index in [1.54, 1.807) is 18.2 Å². The summed E-state index contributed by atoms with van der Waals surface area (Å²) >= 11 is 5.96. The van der Waals surface area contributed by atoms with Crippen LogP contribution in [0.1, 0.15) is 12.8 Å². The fourth-order valence-corrected chi connectivity index (χ4v) is 3.28. The first-order valence-electron chi connectivity index (χ1n) is 7.25. The Labute approximate surface area is 134 Å². The Morgan fingerprint density at radius 2 is 2.18 bits per heavy atom. The Bertz CT molecular complexity index is 577. The van der Waals surface area contributed by atoms with Gasteiger partial charge < -0.3 is 19.3 Å². The van der Waals surface area contributed by atoms with Gasteiger partial charge in [-0.2, -0.15) is 4.98 Å². The number of nitrogens with zero attached hydrogens (tertiary/aromatic N) is 4. The monoisotopic (exact) mass is 326 g/mol. The van der Waals surface area contributed by atoms with Crippen LogP contribution in [0.5, 0.6) is 0 Å². The highest BCUT2D eigenvalue weighted by Crippen LogP contribution is 2.42. The van der Waals surface area contributed by atoms with Crippen LogP contribution in [0.4, 0.5) is 11.5 Å². The van der Waals surface area contributed by atoms with Gasteiger partial charge in [0.2, 0.25) is 5.28 Å². The van der Waals surface area contributed by atoms with Crippen LogP contribution >= 0.6 is 11.6 Å². The number of halogens is 1. The maximum Gasteiger partial charge on any atom is 0.253 e. The fourth-order valence-electron chi connectivity index (χ4n) is 3.15. The lowest BCUT2D eigenvalue weighted by atomic mass is 9.84. The second kappa shape index (κ2) is 5.98. The van der Waals surface area contributed by atoms with E-state index in [0.717, 1.165) is 0 Å². The number of ether oxygens (including phenoxy) is 2. The Kier molecular flexibility index (Phi) is 4.20. The van der Waals surface area contributed by atoms with Gasteiger partial charge in [-0.3, -0.25) is 4.79 Å². The third-order valence-corrected chi connectivity index (χ3v) is 4.64. The normalized spacial score (nSPS) is 20.4. The molecular weight excluding hydrogens is 308 g/mol. The van der Waals surface area contributed by atoms with Gasteiger partial charge in [-0.25, -0.2) is 4.98 Å². The lowest BCUT2D eigenvalue weighted by molar-refractivity contribution is -0.127. The highest BCUT2D eigenvalue weighted by atomic mass is 35.5. The Balaban J connectivity index is 2.07. The molecular formula is C14H19ClN4O3. The number of carbonyl (C=O) groups is 1. The molecule has 1 aromatic rings. The number of hydrogen-bond acceptors (Lipinski definition) is 6. The fraction of sp³-hybridized carbons (Fsp3) is 0.643. The zero-order valence-electron chi connectivity index (χ0n) is 12.7. The van der Waals surface area contributed by atoms with Crippen LogP contribution < -0.4 is 9.80 Å². The average Bonchev–Trinajstić information content (AvgIpc) is 2.54. The third kappa shape index (κ3) is 2.33. The average molecular weight is 327 g/mol. The number of carbonyl (C=O) groups excluding carboxylic acids is 1. The lowest BCUT2D eigenvalue weighted by Gasteiger charge is -2.50. The molecule has 0 unspecified atom stereocenters. The topological polar surface area (TPSA) is 67.8 Å². The van der Waals surface area contributed by atoms with Crippen LogP contribution in [0.15, 0.2) is 6.20 Å². The van der Waals surface area contributed by atoms with Crippen molar-refractivity contribution in [2.24, 2.45) is 0 Å². The number of fused-ring (bicyclic) bond motifs is 1. The number of anilines is 2. The summed E-state index contributed by atoms with van der Waals surface area (Å²) in [4.78, 5) is 25.2. The zero-order chi connectivity index (χ0) is 15.7. The standard InChI is InChI=1S/C14H19ClN4O3/c1-18-11-10(9-16-13(15)17-11)19(5-8-21-2)12(20)14(18)3-6-22-7-4-14/h9H,3-8H2,1-2H3. The van der Waals surface area contributed by atoms with Crippen molar-refractivity contribution in [2.75, 3.05) is 50.3 Å². The summed E-state index contributed by atoms with van der Waals surface area (Å²) in [6, 6.07) is 0. The minimum atomic E-state index is -0.628. The number of rotatable bonds is 3. The molecule has 0 N–H and O–H groups in total. The van der Waals surface area contributed by atoms with Crippen molar-refractivity contribution in [2.45, 2.75) is 18.4 Å². The molecule has 1 fully saturated rings. The molecule has 1 saturated heterocycles. The van der Waals surface area contributed by atoms with Crippen LogP contribution in [0.25, 0.3) is 0 Å². The predicted octanol–water partition coefficient (Wildman–Crippen LogP) is 1.11. The summed E-state index contributed by atoms with van der Waals surface area (Å²) in [6.07, 6.45) is 2.86. The van der Waals surface area contributed by atoms with Gasteiger partial charge in [0.1, 0.15) is 11.2 Å². The molecule has 22 heavy (non-hydrogen) atoms. The van der Waals surface area contributed by atoms with E-state index in [2.05, 4.69) is 9.97 Å². The van der Waals surface area contributed by atoms with Gasteiger partial charge in [0, 0.05) is 46.8 Å². The molecule has 0 atom stereocenters. The first kappa shape index (κ1) is 15.5. The first-order chi connectivity index (χ1) is 10.6. The maximum atomic E-state index is 13.2. The highest BCUT2D eigenvalue weighted by Gasteiger charge is 2.51. The van der Waals surface area contributed by atoms with Gasteiger partial charge in [-0.05, 0) is 11.6 Å². The summed E-state index contributed by atoms with van der Waals surface area (Å²) in [6.45, 7) is 2.03. The Morgan fingerprint density at radius 3 is 2.86 bits per heavy atom. The maximum absolute atomic E-state index is 13.2. The molecule has 0 aliphatic carbocycles.